The van der Waals surface area contributed by atoms with Crippen LogP contribution in [0, 0.1) is 22.7 Å². The topological polar surface area (TPSA) is 121 Å². The molecule has 30 heavy (non-hydrogen) atoms. The molecule has 8 heteroatoms. The van der Waals surface area contributed by atoms with E-state index < -0.39 is 18.0 Å². The molecule has 0 aliphatic heterocycles. The van der Waals surface area contributed by atoms with Crippen LogP contribution in [0.4, 0.5) is 5.69 Å². The molecule has 1 amide bonds. The molecule has 2 rings (SSSR count). The molecule has 0 saturated carbocycles. The third kappa shape index (κ3) is 6.39. The Morgan fingerprint density at radius 2 is 1.87 bits per heavy atom. The van der Waals surface area contributed by atoms with Crippen molar-refractivity contribution in [2.24, 2.45) is 0 Å². The molecule has 0 aliphatic rings. The number of nitrogens with zero attached hydrogens (tertiary/aromatic N) is 2. The molecule has 0 heterocycles. The standard InChI is InChI=1S/C22H19N3O5/c1-15(22(27)25-18-7-3-17(14-24)4-8-18)30-21(26)10-6-16-5-9-19(29-12-11-23)20(13-16)28-2/h3-10,13,15H,12H2,1-2H3,(H,25,27)/b10-6+/t15-/m0/s1. The summed E-state index contributed by atoms with van der Waals surface area (Å²) >= 11 is 0. The molecule has 0 spiro atoms. The summed E-state index contributed by atoms with van der Waals surface area (Å²) in [5.41, 5.74) is 1.60. The summed E-state index contributed by atoms with van der Waals surface area (Å²) in [5.74, 6) is -0.369. The molecule has 1 atom stereocenters. The molecule has 8 nitrogen and oxygen atoms in total. The SMILES string of the molecule is COc1cc(/C=C/C(=O)O[C@@H](C)C(=O)Nc2ccc(C#N)cc2)ccc1OCC#N. The fourth-order valence-corrected chi connectivity index (χ4v) is 2.32. The van der Waals surface area contributed by atoms with E-state index in [1.165, 1.54) is 26.2 Å². The zero-order valence-electron chi connectivity index (χ0n) is 16.4. The molecule has 2 aromatic carbocycles. The van der Waals surface area contributed by atoms with Crippen molar-refractivity contribution in [3.63, 3.8) is 0 Å². The molecule has 0 fully saturated rings. The summed E-state index contributed by atoms with van der Waals surface area (Å²) in [6.07, 6.45) is 1.68. The van der Waals surface area contributed by atoms with Crippen molar-refractivity contribution < 1.29 is 23.8 Å². The quantitative estimate of drug-likeness (QED) is 0.529. The van der Waals surface area contributed by atoms with Crippen molar-refractivity contribution >= 4 is 23.6 Å². The van der Waals surface area contributed by atoms with Crippen molar-refractivity contribution in [1.82, 2.24) is 0 Å². The maximum absolute atomic E-state index is 12.2. The monoisotopic (exact) mass is 405 g/mol. The number of nitrogens with one attached hydrogen (secondary N) is 1. The fourth-order valence-electron chi connectivity index (χ4n) is 2.32. The van der Waals surface area contributed by atoms with Gasteiger partial charge in [-0.15, -0.1) is 0 Å². The molecule has 1 N–H and O–H groups in total. The van der Waals surface area contributed by atoms with Gasteiger partial charge in [-0.25, -0.2) is 4.79 Å². The van der Waals surface area contributed by atoms with Gasteiger partial charge in [0.15, 0.2) is 24.2 Å². The van der Waals surface area contributed by atoms with Crippen LogP contribution < -0.4 is 14.8 Å². The lowest BCUT2D eigenvalue weighted by Crippen LogP contribution is -2.29. The molecule has 0 aromatic heterocycles. The summed E-state index contributed by atoms with van der Waals surface area (Å²) in [5, 5.41) is 20.0. The van der Waals surface area contributed by atoms with Crippen molar-refractivity contribution in [3.05, 3.63) is 59.7 Å². The van der Waals surface area contributed by atoms with Crippen molar-refractivity contribution in [2.45, 2.75) is 13.0 Å². The summed E-state index contributed by atoms with van der Waals surface area (Å²) in [7, 11) is 1.46. The van der Waals surface area contributed by atoms with Crippen molar-refractivity contribution in [3.8, 4) is 23.6 Å². The van der Waals surface area contributed by atoms with Gasteiger partial charge in [-0.1, -0.05) is 6.07 Å². The fraction of sp³-hybridized carbons (Fsp3) is 0.182. The zero-order chi connectivity index (χ0) is 21.9. The maximum atomic E-state index is 12.2. The van der Waals surface area contributed by atoms with E-state index in [0.29, 0.717) is 28.3 Å². The van der Waals surface area contributed by atoms with Gasteiger partial charge in [-0.2, -0.15) is 10.5 Å². The number of nitriles is 2. The predicted molar refractivity (Wildman–Crippen MR) is 108 cm³/mol. The van der Waals surface area contributed by atoms with Crippen LogP contribution in [0.1, 0.15) is 18.1 Å². The van der Waals surface area contributed by atoms with Crippen LogP contribution in [0.5, 0.6) is 11.5 Å². The van der Waals surface area contributed by atoms with E-state index >= 15 is 0 Å². The second-order valence-electron chi connectivity index (χ2n) is 5.95. The molecule has 0 bridgehead atoms. The number of carbonyl (C=O) groups excluding carboxylic acids is 2. The van der Waals surface area contributed by atoms with Gasteiger partial charge in [0.25, 0.3) is 5.91 Å². The second kappa shape index (κ2) is 10.9. The van der Waals surface area contributed by atoms with Crippen LogP contribution >= 0.6 is 0 Å². The second-order valence-corrected chi connectivity index (χ2v) is 5.95. The normalized spacial score (nSPS) is 11.1. The molecule has 0 radical (unpaired) electrons. The van der Waals surface area contributed by atoms with Gasteiger partial charge in [-0.05, 0) is 55.0 Å². The number of methoxy groups -OCH3 is 1. The average Bonchev–Trinajstić information content (AvgIpc) is 2.76. The van der Waals surface area contributed by atoms with Crippen LogP contribution in [0.25, 0.3) is 6.08 Å². The maximum Gasteiger partial charge on any atom is 0.331 e. The largest absolute Gasteiger partial charge is 0.493 e. The molecular weight excluding hydrogens is 386 g/mol. The highest BCUT2D eigenvalue weighted by molar-refractivity contribution is 5.96. The van der Waals surface area contributed by atoms with E-state index in [4.69, 9.17) is 24.7 Å². The van der Waals surface area contributed by atoms with Gasteiger partial charge >= 0.3 is 5.97 Å². The lowest BCUT2D eigenvalue weighted by atomic mass is 10.2. The third-order valence-electron chi connectivity index (χ3n) is 3.84. The Labute approximate surface area is 173 Å². The lowest BCUT2D eigenvalue weighted by molar-refractivity contribution is -0.148. The van der Waals surface area contributed by atoms with E-state index in [0.717, 1.165) is 0 Å². The third-order valence-corrected chi connectivity index (χ3v) is 3.84. The highest BCUT2D eigenvalue weighted by atomic mass is 16.5. The first-order valence-electron chi connectivity index (χ1n) is 8.84. The number of hydrogen-bond acceptors (Lipinski definition) is 7. The number of benzene rings is 2. The summed E-state index contributed by atoms with van der Waals surface area (Å²) in [6.45, 7) is 1.34. The Kier molecular flexibility index (Phi) is 7.98. The number of ether oxygens (including phenoxy) is 3. The first kappa shape index (κ1) is 22.0. The number of anilines is 1. The number of esters is 1. The predicted octanol–water partition coefficient (Wildman–Crippen LogP) is 3.05. The van der Waals surface area contributed by atoms with E-state index in [-0.39, 0.29) is 6.61 Å². The van der Waals surface area contributed by atoms with Crippen molar-refractivity contribution in [2.75, 3.05) is 19.0 Å². The molecule has 0 unspecified atom stereocenters. The van der Waals surface area contributed by atoms with Crippen LogP contribution in [0.2, 0.25) is 0 Å². The summed E-state index contributed by atoms with van der Waals surface area (Å²) < 4.78 is 15.5. The van der Waals surface area contributed by atoms with Gasteiger partial charge in [-0.3, -0.25) is 4.79 Å². The van der Waals surface area contributed by atoms with Crippen molar-refractivity contribution in [1.29, 1.82) is 10.5 Å². The molecule has 0 saturated heterocycles. The zero-order valence-corrected chi connectivity index (χ0v) is 16.4. The lowest BCUT2D eigenvalue weighted by Gasteiger charge is -2.12. The van der Waals surface area contributed by atoms with Gasteiger partial charge in [0.2, 0.25) is 0 Å². The van der Waals surface area contributed by atoms with E-state index in [2.05, 4.69) is 5.32 Å². The molecule has 152 valence electrons. The van der Waals surface area contributed by atoms with Crippen LogP contribution in [0.15, 0.2) is 48.5 Å². The Hall–Kier alpha value is -4.30. The average molecular weight is 405 g/mol. The minimum atomic E-state index is -1.02. The number of rotatable bonds is 8. The number of hydrogen-bond donors (Lipinski definition) is 1. The van der Waals surface area contributed by atoms with Gasteiger partial charge in [0, 0.05) is 11.8 Å². The highest BCUT2D eigenvalue weighted by Gasteiger charge is 2.16. The number of carbonyl (C=O) groups is 2. The number of amides is 1. The summed E-state index contributed by atoms with van der Waals surface area (Å²) in [4.78, 5) is 24.2. The molecule has 2 aromatic rings. The van der Waals surface area contributed by atoms with Crippen LogP contribution in [-0.2, 0) is 14.3 Å². The Balaban J connectivity index is 1.93. The molecular formula is C22H19N3O5. The minimum Gasteiger partial charge on any atom is -0.493 e. The van der Waals surface area contributed by atoms with Crippen LogP contribution in [0.3, 0.4) is 0 Å². The minimum absolute atomic E-state index is 0.111. The van der Waals surface area contributed by atoms with Crippen LogP contribution in [-0.4, -0.2) is 31.7 Å². The first-order valence-corrected chi connectivity index (χ1v) is 8.84. The highest BCUT2D eigenvalue weighted by Crippen LogP contribution is 2.28. The summed E-state index contributed by atoms with van der Waals surface area (Å²) in [6, 6.07) is 15.1. The smallest absolute Gasteiger partial charge is 0.331 e. The first-order chi connectivity index (χ1) is 14.5. The Morgan fingerprint density at radius 3 is 2.50 bits per heavy atom. The molecule has 0 aliphatic carbocycles. The van der Waals surface area contributed by atoms with Gasteiger partial charge in [0.05, 0.1) is 18.7 Å². The van der Waals surface area contributed by atoms with Gasteiger partial charge < -0.3 is 19.5 Å². The van der Waals surface area contributed by atoms with E-state index in [1.54, 1.807) is 42.5 Å². The Bertz CT molecular complexity index is 1020. The van der Waals surface area contributed by atoms with E-state index in [1.807, 2.05) is 12.1 Å². The van der Waals surface area contributed by atoms with E-state index in [9.17, 15) is 9.59 Å². The Morgan fingerprint density at radius 1 is 1.13 bits per heavy atom. The van der Waals surface area contributed by atoms with Gasteiger partial charge in [0.1, 0.15) is 6.07 Å².